The second-order valence-corrected chi connectivity index (χ2v) is 5.56. The van der Waals surface area contributed by atoms with Crippen molar-refractivity contribution in [3.8, 4) is 0 Å². The summed E-state index contributed by atoms with van der Waals surface area (Å²) in [6, 6.07) is 11.3. The molecule has 0 fully saturated rings. The van der Waals surface area contributed by atoms with E-state index in [0.717, 1.165) is 5.56 Å². The fourth-order valence-corrected chi connectivity index (χ4v) is 2.21. The van der Waals surface area contributed by atoms with Crippen LogP contribution in [0.2, 0.25) is 0 Å². The summed E-state index contributed by atoms with van der Waals surface area (Å²) in [7, 11) is 0. The molecule has 9 heteroatoms. The van der Waals surface area contributed by atoms with E-state index in [4.69, 9.17) is 9.05 Å². The Morgan fingerprint density at radius 2 is 1.92 bits per heavy atom. The van der Waals surface area contributed by atoms with Crippen LogP contribution in [0.25, 0.3) is 0 Å². The van der Waals surface area contributed by atoms with Gasteiger partial charge < -0.3 is 19.7 Å². The van der Waals surface area contributed by atoms with Crippen molar-refractivity contribution in [3.63, 3.8) is 0 Å². The van der Waals surface area contributed by atoms with Crippen molar-refractivity contribution in [1.82, 2.24) is 20.6 Å². The van der Waals surface area contributed by atoms with Gasteiger partial charge in [0.15, 0.2) is 11.6 Å². The minimum atomic E-state index is -0.479. The number of nitrogens with one attached hydrogen (secondary N) is 2. The molecule has 1 aromatic carbocycles. The van der Waals surface area contributed by atoms with Crippen LogP contribution in [-0.4, -0.2) is 33.7 Å². The van der Waals surface area contributed by atoms with Gasteiger partial charge in [-0.1, -0.05) is 40.6 Å². The van der Waals surface area contributed by atoms with E-state index in [2.05, 4.69) is 25.9 Å². The molecule has 2 N–H and O–H groups in total. The van der Waals surface area contributed by atoms with E-state index in [1.54, 1.807) is 13.0 Å². The maximum Gasteiger partial charge on any atom is 0.315 e. The molecule has 3 aromatic rings. The Morgan fingerprint density at radius 1 is 1.12 bits per heavy atom. The molecule has 2 aromatic heterocycles. The predicted octanol–water partition coefficient (Wildman–Crippen LogP) is 1.52. The Labute approximate surface area is 148 Å². The number of anilines is 1. The van der Waals surface area contributed by atoms with E-state index in [9.17, 15) is 9.59 Å². The van der Waals surface area contributed by atoms with E-state index in [1.165, 1.54) is 0 Å². The number of hydrogen-bond acceptors (Lipinski definition) is 7. The number of carbonyl (C=O) groups is 2. The normalized spacial score (nSPS) is 10.5. The van der Waals surface area contributed by atoms with Crippen LogP contribution in [-0.2, 0) is 17.6 Å². The average molecular weight is 355 g/mol. The van der Waals surface area contributed by atoms with Gasteiger partial charge in [-0.05, 0) is 18.9 Å². The number of aryl methyl sites for hydroxylation is 1. The first-order valence-corrected chi connectivity index (χ1v) is 7.98. The van der Waals surface area contributed by atoms with Crippen molar-refractivity contribution in [2.45, 2.75) is 19.8 Å². The fraction of sp³-hybridized carbons (Fsp3) is 0.235. The van der Waals surface area contributed by atoms with Crippen molar-refractivity contribution in [1.29, 1.82) is 0 Å². The Kier molecular flexibility index (Phi) is 5.37. The van der Waals surface area contributed by atoms with Gasteiger partial charge in [0.2, 0.25) is 5.91 Å². The summed E-state index contributed by atoms with van der Waals surface area (Å²) < 4.78 is 9.75. The lowest BCUT2D eigenvalue weighted by molar-refractivity contribution is -0.115. The van der Waals surface area contributed by atoms with Gasteiger partial charge in [-0.2, -0.15) is 4.98 Å². The first-order valence-electron chi connectivity index (χ1n) is 7.98. The molecule has 2 heterocycles. The SMILES string of the molecule is Cc1cc(NC(=O)Cc2noc(C(=O)NCCc3ccccc3)n2)no1. The summed E-state index contributed by atoms with van der Waals surface area (Å²) in [5, 5.41) is 12.5. The molecule has 0 spiro atoms. The summed E-state index contributed by atoms with van der Waals surface area (Å²) in [5.41, 5.74) is 1.11. The van der Waals surface area contributed by atoms with E-state index in [1.807, 2.05) is 30.3 Å². The molecule has 0 saturated carbocycles. The summed E-state index contributed by atoms with van der Waals surface area (Å²) in [6.45, 7) is 2.15. The quantitative estimate of drug-likeness (QED) is 0.658. The molecule has 0 atom stereocenters. The van der Waals surface area contributed by atoms with Crippen LogP contribution < -0.4 is 10.6 Å². The molecule has 3 rings (SSSR count). The minimum absolute atomic E-state index is 0.107. The average Bonchev–Trinajstić information content (AvgIpc) is 3.25. The highest BCUT2D eigenvalue weighted by atomic mass is 16.5. The number of rotatable bonds is 7. The summed E-state index contributed by atoms with van der Waals surface area (Å²) in [6.07, 6.45) is 0.541. The molecule has 0 unspecified atom stereocenters. The smallest absolute Gasteiger partial charge is 0.315 e. The number of aromatic nitrogens is 3. The maximum atomic E-state index is 12.0. The number of amides is 2. The third-order valence-electron chi connectivity index (χ3n) is 3.42. The van der Waals surface area contributed by atoms with Crippen LogP contribution in [0, 0.1) is 6.92 Å². The van der Waals surface area contributed by atoms with Crippen molar-refractivity contribution in [2.75, 3.05) is 11.9 Å². The van der Waals surface area contributed by atoms with Gasteiger partial charge in [0.05, 0.1) is 6.42 Å². The first kappa shape index (κ1) is 17.3. The van der Waals surface area contributed by atoms with Gasteiger partial charge in [0, 0.05) is 12.6 Å². The molecule has 0 bridgehead atoms. The Hall–Kier alpha value is -3.49. The molecule has 0 radical (unpaired) electrons. The van der Waals surface area contributed by atoms with E-state index >= 15 is 0 Å². The lowest BCUT2D eigenvalue weighted by Gasteiger charge is -2.02. The van der Waals surface area contributed by atoms with Gasteiger partial charge >= 0.3 is 11.8 Å². The minimum Gasteiger partial charge on any atom is -0.360 e. The first-order chi connectivity index (χ1) is 12.6. The van der Waals surface area contributed by atoms with Crippen molar-refractivity contribution < 1.29 is 18.6 Å². The van der Waals surface area contributed by atoms with E-state index in [-0.39, 0.29) is 18.1 Å². The zero-order valence-corrected chi connectivity index (χ0v) is 14.1. The van der Waals surface area contributed by atoms with Gasteiger partial charge in [0.25, 0.3) is 0 Å². The molecule has 0 aliphatic heterocycles. The maximum absolute atomic E-state index is 12.0. The van der Waals surface area contributed by atoms with E-state index < -0.39 is 11.8 Å². The fourth-order valence-electron chi connectivity index (χ4n) is 2.21. The second-order valence-electron chi connectivity index (χ2n) is 5.56. The standard InChI is InChI=1S/C17H17N5O4/c1-11-9-13(21-25-11)19-15(23)10-14-20-17(26-22-14)16(24)18-8-7-12-5-3-2-4-6-12/h2-6,9H,7-8,10H2,1H3,(H,18,24)(H,19,21,23). The highest BCUT2D eigenvalue weighted by Crippen LogP contribution is 2.08. The summed E-state index contributed by atoms with van der Waals surface area (Å²) in [5.74, 6) is -0.0689. The number of nitrogens with zero attached hydrogens (tertiary/aromatic N) is 3. The molecule has 134 valence electrons. The summed E-state index contributed by atoms with van der Waals surface area (Å²) >= 11 is 0. The van der Waals surface area contributed by atoms with Gasteiger partial charge in [0.1, 0.15) is 5.76 Å². The second kappa shape index (κ2) is 8.06. The summed E-state index contributed by atoms with van der Waals surface area (Å²) in [4.78, 5) is 27.8. The monoisotopic (exact) mass is 355 g/mol. The van der Waals surface area contributed by atoms with Crippen LogP contribution >= 0.6 is 0 Å². The Bertz CT molecular complexity index is 887. The third kappa shape index (κ3) is 4.76. The molecular weight excluding hydrogens is 338 g/mol. The number of hydrogen-bond donors (Lipinski definition) is 2. The molecule has 0 saturated heterocycles. The molecule has 2 amide bonds. The van der Waals surface area contributed by atoms with Crippen LogP contribution in [0.1, 0.15) is 27.8 Å². The Balaban J connectivity index is 1.47. The number of carbonyl (C=O) groups excluding carboxylic acids is 2. The molecular formula is C17H17N5O4. The van der Waals surface area contributed by atoms with Crippen molar-refractivity contribution in [3.05, 3.63) is 59.4 Å². The largest absolute Gasteiger partial charge is 0.360 e. The van der Waals surface area contributed by atoms with Crippen molar-refractivity contribution in [2.24, 2.45) is 0 Å². The highest BCUT2D eigenvalue weighted by molar-refractivity contribution is 5.91. The number of benzene rings is 1. The van der Waals surface area contributed by atoms with Gasteiger partial charge in [-0.3, -0.25) is 9.59 Å². The van der Waals surface area contributed by atoms with E-state index in [0.29, 0.717) is 24.5 Å². The van der Waals surface area contributed by atoms with Crippen LogP contribution in [0.3, 0.4) is 0 Å². The topological polar surface area (TPSA) is 123 Å². The molecule has 0 aliphatic carbocycles. The molecule has 9 nitrogen and oxygen atoms in total. The van der Waals surface area contributed by atoms with Gasteiger partial charge in [-0.25, -0.2) is 0 Å². The van der Waals surface area contributed by atoms with Crippen LogP contribution in [0.4, 0.5) is 5.82 Å². The highest BCUT2D eigenvalue weighted by Gasteiger charge is 2.17. The zero-order valence-electron chi connectivity index (χ0n) is 14.1. The van der Waals surface area contributed by atoms with Crippen LogP contribution in [0.15, 0.2) is 45.4 Å². The Morgan fingerprint density at radius 3 is 2.65 bits per heavy atom. The lowest BCUT2D eigenvalue weighted by atomic mass is 10.1. The molecule has 0 aliphatic rings. The molecule has 26 heavy (non-hydrogen) atoms. The third-order valence-corrected chi connectivity index (χ3v) is 3.42. The van der Waals surface area contributed by atoms with Crippen LogP contribution in [0.5, 0.6) is 0 Å². The zero-order chi connectivity index (χ0) is 18.4. The lowest BCUT2D eigenvalue weighted by Crippen LogP contribution is -2.26. The van der Waals surface area contributed by atoms with Crippen molar-refractivity contribution >= 4 is 17.6 Å². The van der Waals surface area contributed by atoms with Gasteiger partial charge in [-0.15, -0.1) is 0 Å². The predicted molar refractivity (Wildman–Crippen MR) is 90.4 cm³/mol.